The summed E-state index contributed by atoms with van der Waals surface area (Å²) in [6.07, 6.45) is 0.669. The van der Waals surface area contributed by atoms with Gasteiger partial charge in [-0.15, -0.1) is 0 Å². The lowest BCUT2D eigenvalue weighted by Crippen LogP contribution is -2.18. The molecule has 0 radical (unpaired) electrons. The zero-order valence-corrected chi connectivity index (χ0v) is 13.0. The Balaban J connectivity index is 1.71. The molecule has 0 bridgehead atoms. The van der Waals surface area contributed by atoms with E-state index in [0.717, 1.165) is 5.56 Å². The summed E-state index contributed by atoms with van der Waals surface area (Å²) in [6.45, 7) is 0.418. The van der Waals surface area contributed by atoms with Crippen molar-refractivity contribution in [3.05, 3.63) is 66.0 Å². The van der Waals surface area contributed by atoms with Crippen LogP contribution in [0.1, 0.15) is 18.4 Å². The van der Waals surface area contributed by atoms with E-state index in [4.69, 9.17) is 14.7 Å². The van der Waals surface area contributed by atoms with Crippen molar-refractivity contribution in [2.45, 2.75) is 19.4 Å². The number of oxime groups is 1. The first kappa shape index (κ1) is 17.5. The van der Waals surface area contributed by atoms with Gasteiger partial charge in [0.05, 0.1) is 6.61 Å². The van der Waals surface area contributed by atoms with Gasteiger partial charge in [-0.1, -0.05) is 35.5 Å². The zero-order valence-electron chi connectivity index (χ0n) is 13.0. The lowest BCUT2D eigenvalue weighted by atomic mass is 10.2. The number of esters is 1. The largest absolute Gasteiger partial charge is 0.494 e. The second-order valence-electron chi connectivity index (χ2n) is 5.01. The summed E-state index contributed by atoms with van der Waals surface area (Å²) in [7, 11) is 0. The number of rotatable bonds is 8. The predicted molar refractivity (Wildman–Crippen MR) is 86.6 cm³/mol. The average Bonchev–Trinajstić information content (AvgIpc) is 2.62. The number of nitrogens with zero attached hydrogens (tertiary/aromatic N) is 1. The quantitative estimate of drug-likeness (QED) is 0.264. The molecule has 0 saturated carbocycles. The molecule has 0 fully saturated rings. The minimum absolute atomic E-state index is 0.0614. The molecule has 2 rings (SSSR count). The van der Waals surface area contributed by atoms with Crippen LogP contribution in [0.4, 0.5) is 4.39 Å². The molecule has 0 aliphatic rings. The summed E-state index contributed by atoms with van der Waals surface area (Å²) in [6, 6.07) is 14.9. The highest BCUT2D eigenvalue weighted by molar-refractivity contribution is 6.36. The van der Waals surface area contributed by atoms with Gasteiger partial charge in [-0.3, -0.25) is 0 Å². The topological polar surface area (TPSA) is 68.1 Å². The molecule has 126 valence electrons. The lowest BCUT2D eigenvalue weighted by molar-refractivity contribution is -0.137. The Morgan fingerprint density at radius 3 is 2.46 bits per heavy atom. The van der Waals surface area contributed by atoms with E-state index in [9.17, 15) is 9.18 Å². The minimum Gasteiger partial charge on any atom is -0.494 e. The summed E-state index contributed by atoms with van der Waals surface area (Å²) in [5.74, 6) is -0.466. The van der Waals surface area contributed by atoms with Crippen LogP contribution >= 0.6 is 0 Å². The Kier molecular flexibility index (Phi) is 6.76. The van der Waals surface area contributed by atoms with Gasteiger partial charge in [-0.2, -0.15) is 0 Å². The summed E-state index contributed by atoms with van der Waals surface area (Å²) >= 11 is 0. The molecule has 24 heavy (non-hydrogen) atoms. The van der Waals surface area contributed by atoms with E-state index in [-0.39, 0.29) is 24.6 Å². The zero-order chi connectivity index (χ0) is 17.2. The van der Waals surface area contributed by atoms with Crippen LogP contribution in [0.25, 0.3) is 0 Å². The first-order valence-electron chi connectivity index (χ1n) is 7.49. The van der Waals surface area contributed by atoms with Crippen molar-refractivity contribution in [2.75, 3.05) is 6.61 Å². The Labute approximate surface area is 139 Å². The molecule has 0 atom stereocenters. The fourth-order valence-electron chi connectivity index (χ4n) is 1.96. The van der Waals surface area contributed by atoms with Crippen molar-refractivity contribution in [2.24, 2.45) is 5.16 Å². The molecule has 0 saturated heterocycles. The van der Waals surface area contributed by atoms with Crippen LogP contribution in [-0.2, 0) is 16.1 Å². The predicted octanol–water partition coefficient (Wildman–Crippen LogP) is 3.56. The van der Waals surface area contributed by atoms with E-state index >= 15 is 0 Å². The van der Waals surface area contributed by atoms with Gasteiger partial charge in [0.15, 0.2) is 5.71 Å². The monoisotopic (exact) mass is 331 g/mol. The first-order chi connectivity index (χ1) is 11.7. The SMILES string of the molecule is O=C(OCc1ccccc1)/C(CCCOc1ccc(F)cc1)=N/O. The Bertz CT molecular complexity index is 671. The molecule has 0 aromatic heterocycles. The number of carbonyl (C=O) groups is 1. The molecule has 2 aromatic carbocycles. The van der Waals surface area contributed by atoms with Crippen LogP contribution in [0.3, 0.4) is 0 Å². The normalized spacial score (nSPS) is 11.1. The van der Waals surface area contributed by atoms with E-state index in [0.29, 0.717) is 18.8 Å². The molecule has 0 aliphatic heterocycles. The van der Waals surface area contributed by atoms with Gasteiger partial charge < -0.3 is 14.7 Å². The summed E-state index contributed by atoms with van der Waals surface area (Å²) in [5.41, 5.74) is 0.788. The second kappa shape index (κ2) is 9.29. The third kappa shape index (κ3) is 5.72. The number of benzene rings is 2. The van der Waals surface area contributed by atoms with E-state index in [1.807, 2.05) is 30.3 Å². The van der Waals surface area contributed by atoms with Crippen LogP contribution in [0.5, 0.6) is 5.75 Å². The fourth-order valence-corrected chi connectivity index (χ4v) is 1.96. The lowest BCUT2D eigenvalue weighted by Gasteiger charge is -2.08. The van der Waals surface area contributed by atoms with Gasteiger partial charge in [0.2, 0.25) is 0 Å². The Hall–Kier alpha value is -2.89. The summed E-state index contributed by atoms with van der Waals surface area (Å²) in [5, 5.41) is 11.9. The standard InChI is InChI=1S/C18H18FNO4/c19-15-8-10-16(11-9-15)23-12-4-7-17(20-22)18(21)24-13-14-5-2-1-3-6-14/h1-3,5-6,8-11,22H,4,7,12-13H2/b20-17+. The Morgan fingerprint density at radius 2 is 1.79 bits per heavy atom. The van der Waals surface area contributed by atoms with E-state index < -0.39 is 5.97 Å². The maximum absolute atomic E-state index is 12.8. The van der Waals surface area contributed by atoms with Crippen molar-refractivity contribution in [3.8, 4) is 5.75 Å². The molecular weight excluding hydrogens is 313 g/mol. The molecule has 6 heteroatoms. The molecule has 0 unspecified atom stereocenters. The van der Waals surface area contributed by atoms with Crippen LogP contribution in [0.15, 0.2) is 59.8 Å². The summed E-state index contributed by atoms with van der Waals surface area (Å²) in [4.78, 5) is 11.9. The van der Waals surface area contributed by atoms with Gasteiger partial charge in [0, 0.05) is 6.42 Å². The second-order valence-corrected chi connectivity index (χ2v) is 5.01. The van der Waals surface area contributed by atoms with Crippen molar-refractivity contribution in [1.82, 2.24) is 0 Å². The molecule has 0 heterocycles. The summed E-state index contributed by atoms with van der Waals surface area (Å²) < 4.78 is 23.3. The minimum atomic E-state index is -0.664. The van der Waals surface area contributed by atoms with Crippen LogP contribution < -0.4 is 4.74 Å². The number of carbonyl (C=O) groups excluding carboxylic acids is 1. The molecule has 5 nitrogen and oxygen atoms in total. The van der Waals surface area contributed by atoms with Gasteiger partial charge >= 0.3 is 5.97 Å². The van der Waals surface area contributed by atoms with Gasteiger partial charge in [0.1, 0.15) is 18.2 Å². The van der Waals surface area contributed by atoms with Crippen LogP contribution in [0, 0.1) is 5.82 Å². The van der Waals surface area contributed by atoms with Crippen molar-refractivity contribution in [1.29, 1.82) is 0 Å². The highest BCUT2D eigenvalue weighted by Crippen LogP contribution is 2.11. The van der Waals surface area contributed by atoms with E-state index in [1.165, 1.54) is 24.3 Å². The van der Waals surface area contributed by atoms with Crippen molar-refractivity contribution >= 4 is 11.7 Å². The number of hydrogen-bond donors (Lipinski definition) is 1. The number of halogens is 1. The molecule has 0 aliphatic carbocycles. The molecule has 0 spiro atoms. The number of ether oxygens (including phenoxy) is 2. The maximum Gasteiger partial charge on any atom is 0.356 e. The molecular formula is C18H18FNO4. The van der Waals surface area contributed by atoms with Gasteiger partial charge in [0.25, 0.3) is 0 Å². The van der Waals surface area contributed by atoms with E-state index in [2.05, 4.69) is 5.16 Å². The van der Waals surface area contributed by atoms with Crippen LogP contribution in [-0.4, -0.2) is 23.5 Å². The third-order valence-corrected chi connectivity index (χ3v) is 3.21. The fraction of sp³-hybridized carbons (Fsp3) is 0.222. The molecule has 1 N–H and O–H groups in total. The maximum atomic E-state index is 12.8. The van der Waals surface area contributed by atoms with Gasteiger partial charge in [-0.25, -0.2) is 9.18 Å². The van der Waals surface area contributed by atoms with Crippen molar-refractivity contribution < 1.29 is 23.9 Å². The average molecular weight is 331 g/mol. The van der Waals surface area contributed by atoms with Crippen molar-refractivity contribution in [3.63, 3.8) is 0 Å². The smallest absolute Gasteiger partial charge is 0.356 e. The highest BCUT2D eigenvalue weighted by atomic mass is 19.1. The first-order valence-corrected chi connectivity index (χ1v) is 7.49. The molecule has 0 amide bonds. The highest BCUT2D eigenvalue weighted by Gasteiger charge is 2.14. The Morgan fingerprint density at radius 1 is 1.08 bits per heavy atom. The van der Waals surface area contributed by atoms with E-state index in [1.54, 1.807) is 0 Å². The number of hydrogen-bond acceptors (Lipinski definition) is 5. The third-order valence-electron chi connectivity index (χ3n) is 3.21. The molecule has 2 aromatic rings. The van der Waals surface area contributed by atoms with Gasteiger partial charge in [-0.05, 0) is 36.2 Å². The van der Waals surface area contributed by atoms with Crippen LogP contribution in [0.2, 0.25) is 0 Å².